The second-order valence-electron chi connectivity index (χ2n) is 4.08. The monoisotopic (exact) mass is 244 g/mol. The third-order valence-corrected chi connectivity index (χ3v) is 2.71. The van der Waals surface area contributed by atoms with Gasteiger partial charge in [0, 0.05) is 26.2 Å². The Morgan fingerprint density at radius 3 is 2.94 bits per heavy atom. The van der Waals surface area contributed by atoms with E-state index < -0.39 is 5.97 Å². The summed E-state index contributed by atoms with van der Waals surface area (Å²) in [6.45, 7) is 4.11. The normalized spacial score (nSPS) is 20.8. The molecule has 0 aromatic carbocycles. The predicted molar refractivity (Wildman–Crippen MR) is 61.9 cm³/mol. The van der Waals surface area contributed by atoms with E-state index in [1.807, 2.05) is 6.92 Å². The first-order valence-corrected chi connectivity index (χ1v) is 5.99. The van der Waals surface area contributed by atoms with Gasteiger partial charge in [0.25, 0.3) is 0 Å². The molecule has 1 aliphatic heterocycles. The number of hydrogen-bond acceptors (Lipinski definition) is 3. The van der Waals surface area contributed by atoms with E-state index in [9.17, 15) is 9.59 Å². The molecular weight excluding hydrogens is 224 g/mol. The smallest absolute Gasteiger partial charge is 0.317 e. The molecule has 2 N–H and O–H groups in total. The Kier molecular flexibility index (Phi) is 5.76. The van der Waals surface area contributed by atoms with Crippen molar-refractivity contribution in [3.8, 4) is 0 Å². The number of ether oxygens (including phenoxy) is 1. The average Bonchev–Trinajstić information content (AvgIpc) is 2.53. The zero-order valence-corrected chi connectivity index (χ0v) is 10.1. The molecule has 0 aromatic heterocycles. The van der Waals surface area contributed by atoms with Crippen molar-refractivity contribution in [1.29, 1.82) is 0 Å². The van der Waals surface area contributed by atoms with Gasteiger partial charge in [-0.05, 0) is 12.8 Å². The van der Waals surface area contributed by atoms with Crippen LogP contribution >= 0.6 is 0 Å². The van der Waals surface area contributed by atoms with E-state index in [4.69, 9.17) is 9.84 Å². The van der Waals surface area contributed by atoms with Gasteiger partial charge in [-0.25, -0.2) is 4.79 Å². The Labute approximate surface area is 101 Å². The number of nitrogens with one attached hydrogen (secondary N) is 1. The highest BCUT2D eigenvalue weighted by Crippen LogP contribution is 2.08. The molecule has 1 saturated heterocycles. The van der Waals surface area contributed by atoms with Crippen molar-refractivity contribution in [2.24, 2.45) is 0 Å². The lowest BCUT2D eigenvalue weighted by atomic mass is 10.2. The highest BCUT2D eigenvalue weighted by atomic mass is 16.5. The van der Waals surface area contributed by atoms with Crippen LogP contribution < -0.4 is 5.32 Å². The molecule has 6 heteroatoms. The molecule has 0 aliphatic carbocycles. The fourth-order valence-electron chi connectivity index (χ4n) is 1.71. The average molecular weight is 244 g/mol. The third-order valence-electron chi connectivity index (χ3n) is 2.71. The minimum Gasteiger partial charge on any atom is -0.481 e. The second-order valence-corrected chi connectivity index (χ2v) is 4.08. The Balaban J connectivity index is 2.35. The molecule has 0 aromatic rings. The van der Waals surface area contributed by atoms with E-state index in [2.05, 4.69) is 5.32 Å². The minimum absolute atomic E-state index is 0.0483. The van der Waals surface area contributed by atoms with Crippen LogP contribution in [0.5, 0.6) is 0 Å². The van der Waals surface area contributed by atoms with E-state index in [1.165, 1.54) is 0 Å². The number of carbonyl (C=O) groups excluding carboxylic acids is 1. The lowest BCUT2D eigenvalue weighted by Crippen LogP contribution is -2.43. The Bertz CT molecular complexity index is 270. The van der Waals surface area contributed by atoms with Gasteiger partial charge in [0.1, 0.15) is 0 Å². The first-order valence-electron chi connectivity index (χ1n) is 5.99. The summed E-state index contributed by atoms with van der Waals surface area (Å²) in [7, 11) is 0. The molecule has 17 heavy (non-hydrogen) atoms. The summed E-state index contributed by atoms with van der Waals surface area (Å²) in [4.78, 5) is 23.8. The van der Waals surface area contributed by atoms with Crippen molar-refractivity contribution in [1.82, 2.24) is 10.2 Å². The largest absolute Gasteiger partial charge is 0.481 e. The molecule has 0 radical (unpaired) electrons. The number of carboxylic acid groups (broad SMARTS) is 1. The molecule has 1 fully saturated rings. The summed E-state index contributed by atoms with van der Waals surface area (Å²) in [6.07, 6.45) is 1.73. The maximum Gasteiger partial charge on any atom is 0.317 e. The Morgan fingerprint density at radius 1 is 1.53 bits per heavy atom. The summed E-state index contributed by atoms with van der Waals surface area (Å²) in [5.41, 5.74) is 0. The van der Waals surface area contributed by atoms with Gasteiger partial charge in [0.2, 0.25) is 0 Å². The maximum atomic E-state index is 11.8. The van der Waals surface area contributed by atoms with Crippen LogP contribution in [-0.4, -0.2) is 54.4 Å². The Morgan fingerprint density at radius 2 is 2.29 bits per heavy atom. The summed E-state index contributed by atoms with van der Waals surface area (Å²) in [5.74, 6) is -0.907. The van der Waals surface area contributed by atoms with Crippen LogP contribution in [0.15, 0.2) is 0 Å². The summed E-state index contributed by atoms with van der Waals surface area (Å²) < 4.78 is 5.56. The first-order chi connectivity index (χ1) is 8.13. The molecule has 6 nitrogen and oxygen atoms in total. The number of aliphatic carboxylic acids is 1. The van der Waals surface area contributed by atoms with Crippen molar-refractivity contribution in [2.75, 3.05) is 26.2 Å². The summed E-state index contributed by atoms with van der Waals surface area (Å²) in [5, 5.41) is 11.1. The Hall–Kier alpha value is -1.30. The van der Waals surface area contributed by atoms with Gasteiger partial charge < -0.3 is 20.1 Å². The highest BCUT2D eigenvalue weighted by Gasteiger charge is 2.21. The van der Waals surface area contributed by atoms with Gasteiger partial charge in [-0.1, -0.05) is 6.92 Å². The van der Waals surface area contributed by atoms with Crippen molar-refractivity contribution in [3.05, 3.63) is 0 Å². The topological polar surface area (TPSA) is 78.9 Å². The standard InChI is InChI=1S/C11H20N2O4/c1-2-9-8-13(6-3-7-17-9)11(16)12-5-4-10(14)15/h9H,2-8H2,1H3,(H,12,16)(H,14,15). The van der Waals surface area contributed by atoms with Gasteiger partial charge >= 0.3 is 12.0 Å². The second kappa shape index (κ2) is 7.11. The van der Waals surface area contributed by atoms with Crippen LogP contribution in [0.2, 0.25) is 0 Å². The summed E-state index contributed by atoms with van der Waals surface area (Å²) in [6, 6.07) is -0.199. The molecule has 98 valence electrons. The molecule has 1 unspecified atom stereocenters. The number of rotatable bonds is 4. The van der Waals surface area contributed by atoms with Gasteiger partial charge in [-0.3, -0.25) is 4.79 Å². The maximum absolute atomic E-state index is 11.8. The van der Waals surface area contributed by atoms with Crippen molar-refractivity contribution < 1.29 is 19.4 Å². The lowest BCUT2D eigenvalue weighted by molar-refractivity contribution is -0.136. The van der Waals surface area contributed by atoms with Gasteiger partial charge in [0.15, 0.2) is 0 Å². The van der Waals surface area contributed by atoms with Crippen LogP contribution in [0.25, 0.3) is 0 Å². The highest BCUT2D eigenvalue weighted by molar-refractivity contribution is 5.75. The number of nitrogens with zero attached hydrogens (tertiary/aromatic N) is 1. The fraction of sp³-hybridized carbons (Fsp3) is 0.818. The molecule has 0 bridgehead atoms. The summed E-state index contributed by atoms with van der Waals surface area (Å²) >= 11 is 0. The van der Waals surface area contributed by atoms with Gasteiger partial charge in [-0.2, -0.15) is 0 Å². The van der Waals surface area contributed by atoms with Gasteiger partial charge in [0.05, 0.1) is 12.5 Å². The van der Waals surface area contributed by atoms with Gasteiger partial charge in [-0.15, -0.1) is 0 Å². The third kappa shape index (κ3) is 5.04. The molecule has 0 saturated carbocycles. The van der Waals surface area contributed by atoms with E-state index in [0.717, 1.165) is 12.8 Å². The first kappa shape index (κ1) is 13.8. The van der Waals surface area contributed by atoms with Crippen LogP contribution in [0.1, 0.15) is 26.2 Å². The zero-order chi connectivity index (χ0) is 12.7. The van der Waals surface area contributed by atoms with E-state index in [-0.39, 0.29) is 25.1 Å². The molecule has 2 amide bonds. The molecule has 1 aliphatic rings. The number of urea groups is 1. The van der Waals surface area contributed by atoms with E-state index >= 15 is 0 Å². The van der Waals surface area contributed by atoms with Crippen molar-refractivity contribution in [2.45, 2.75) is 32.3 Å². The van der Waals surface area contributed by atoms with Crippen molar-refractivity contribution >= 4 is 12.0 Å². The van der Waals surface area contributed by atoms with Crippen LogP contribution in [0, 0.1) is 0 Å². The van der Waals surface area contributed by atoms with E-state index in [0.29, 0.717) is 19.7 Å². The molecule has 0 spiro atoms. The van der Waals surface area contributed by atoms with Crippen molar-refractivity contribution in [3.63, 3.8) is 0 Å². The molecular formula is C11H20N2O4. The van der Waals surface area contributed by atoms with Crippen LogP contribution in [0.3, 0.4) is 0 Å². The quantitative estimate of drug-likeness (QED) is 0.762. The number of carbonyl (C=O) groups is 2. The fourth-order valence-corrected chi connectivity index (χ4v) is 1.71. The minimum atomic E-state index is -0.907. The van der Waals surface area contributed by atoms with Crippen LogP contribution in [0.4, 0.5) is 4.79 Å². The number of hydrogen-bond donors (Lipinski definition) is 2. The van der Waals surface area contributed by atoms with E-state index in [1.54, 1.807) is 4.90 Å². The predicted octanol–water partition coefficient (Wildman–Crippen LogP) is 0.672. The lowest BCUT2D eigenvalue weighted by Gasteiger charge is -2.23. The zero-order valence-electron chi connectivity index (χ0n) is 10.1. The molecule has 1 heterocycles. The number of amides is 2. The number of carboxylic acids is 1. The van der Waals surface area contributed by atoms with Crippen LogP contribution in [-0.2, 0) is 9.53 Å². The molecule has 1 atom stereocenters. The SMILES string of the molecule is CCC1CN(C(=O)NCCC(=O)O)CCCO1. The molecule has 1 rings (SSSR count).